The van der Waals surface area contributed by atoms with E-state index >= 15 is 0 Å². The monoisotopic (exact) mass is 336 g/mol. The highest BCUT2D eigenvalue weighted by molar-refractivity contribution is 5.83. The van der Waals surface area contributed by atoms with Gasteiger partial charge in [0.2, 0.25) is 0 Å². The summed E-state index contributed by atoms with van der Waals surface area (Å²) in [7, 11) is 0. The van der Waals surface area contributed by atoms with Crippen LogP contribution in [0.4, 0.5) is 0 Å². The zero-order valence-electron chi connectivity index (χ0n) is 14.3. The summed E-state index contributed by atoms with van der Waals surface area (Å²) in [5, 5.41) is 29.3. The zero-order valence-corrected chi connectivity index (χ0v) is 14.3. The molecule has 0 aliphatic heterocycles. The molecule has 0 radical (unpaired) electrons. The molecule has 2 fully saturated rings. The number of rotatable bonds is 2. The van der Waals surface area contributed by atoms with Crippen molar-refractivity contribution in [3.05, 3.63) is 59.2 Å². The largest absolute Gasteiger partial charge is 0.508 e. The van der Waals surface area contributed by atoms with Crippen LogP contribution in [-0.2, 0) is 0 Å². The molecule has 3 heteroatoms. The summed E-state index contributed by atoms with van der Waals surface area (Å²) in [6.45, 7) is 0. The summed E-state index contributed by atoms with van der Waals surface area (Å²) in [6.07, 6.45) is 7.48. The van der Waals surface area contributed by atoms with Crippen LogP contribution in [0.25, 0.3) is 5.57 Å². The summed E-state index contributed by atoms with van der Waals surface area (Å²) in [4.78, 5) is 0. The molecule has 25 heavy (non-hydrogen) atoms. The molecule has 2 atom stereocenters. The SMILES string of the molecule is Oc1ccc(/C(=C2\CC[C@H]3CCC[C@@H]2C3)c2ccc(O)c(O)c2)cc1. The number of phenols is 3. The Hall–Kier alpha value is -2.42. The fraction of sp³-hybridized carbons (Fsp3) is 0.364. The second-order valence-electron chi connectivity index (χ2n) is 7.42. The van der Waals surface area contributed by atoms with Gasteiger partial charge in [-0.25, -0.2) is 0 Å². The highest BCUT2D eigenvalue weighted by atomic mass is 16.3. The lowest BCUT2D eigenvalue weighted by molar-refractivity contribution is 0.243. The van der Waals surface area contributed by atoms with E-state index in [9.17, 15) is 15.3 Å². The quantitative estimate of drug-likeness (QED) is 0.660. The second kappa shape index (κ2) is 6.47. The third-order valence-corrected chi connectivity index (χ3v) is 5.84. The minimum Gasteiger partial charge on any atom is -0.508 e. The van der Waals surface area contributed by atoms with Gasteiger partial charge in [-0.3, -0.25) is 0 Å². The Labute approximate surface area is 148 Å². The lowest BCUT2D eigenvalue weighted by Crippen LogP contribution is -2.24. The molecule has 0 aromatic heterocycles. The van der Waals surface area contributed by atoms with Crippen molar-refractivity contribution in [2.75, 3.05) is 0 Å². The predicted molar refractivity (Wildman–Crippen MR) is 98.6 cm³/mol. The number of aromatic hydroxyl groups is 3. The molecule has 0 unspecified atom stereocenters. The van der Waals surface area contributed by atoms with E-state index in [1.807, 2.05) is 18.2 Å². The average molecular weight is 336 g/mol. The van der Waals surface area contributed by atoms with E-state index in [2.05, 4.69) is 0 Å². The molecule has 0 spiro atoms. The summed E-state index contributed by atoms with van der Waals surface area (Å²) < 4.78 is 0. The molecule has 130 valence electrons. The summed E-state index contributed by atoms with van der Waals surface area (Å²) in [6, 6.07) is 12.4. The molecule has 2 aromatic carbocycles. The van der Waals surface area contributed by atoms with Crippen molar-refractivity contribution < 1.29 is 15.3 Å². The van der Waals surface area contributed by atoms with E-state index in [0.29, 0.717) is 5.92 Å². The van der Waals surface area contributed by atoms with Crippen molar-refractivity contribution in [1.82, 2.24) is 0 Å². The third kappa shape index (κ3) is 3.11. The van der Waals surface area contributed by atoms with Crippen LogP contribution in [0.5, 0.6) is 17.2 Å². The molecule has 2 aromatic rings. The number of benzene rings is 2. The zero-order chi connectivity index (χ0) is 17.4. The van der Waals surface area contributed by atoms with Gasteiger partial charge < -0.3 is 15.3 Å². The lowest BCUT2D eigenvalue weighted by Gasteiger charge is -2.38. The summed E-state index contributed by atoms with van der Waals surface area (Å²) in [5.41, 5.74) is 4.61. The first-order valence-electron chi connectivity index (χ1n) is 9.16. The van der Waals surface area contributed by atoms with E-state index in [1.54, 1.807) is 24.3 Å². The maximum atomic E-state index is 10.0. The van der Waals surface area contributed by atoms with Crippen molar-refractivity contribution in [3.8, 4) is 17.2 Å². The molecule has 0 amide bonds. The van der Waals surface area contributed by atoms with Crippen LogP contribution >= 0.6 is 0 Å². The molecule has 2 aliphatic rings. The van der Waals surface area contributed by atoms with Crippen molar-refractivity contribution in [2.45, 2.75) is 38.5 Å². The topological polar surface area (TPSA) is 60.7 Å². The number of phenolic OH excluding ortho intramolecular Hbond substituents is 3. The minimum absolute atomic E-state index is 0.0910. The standard InChI is InChI=1S/C22H24O3/c23-18-8-5-15(6-9-18)22(17-7-11-20(24)21(25)13-17)19-10-4-14-2-1-3-16(19)12-14/h5-9,11,13-14,16,23-25H,1-4,10,12H2/b22-19-/t14-,16-/m1/s1. The van der Waals surface area contributed by atoms with E-state index < -0.39 is 0 Å². The molecule has 2 saturated carbocycles. The van der Waals surface area contributed by atoms with E-state index in [-0.39, 0.29) is 17.2 Å². The van der Waals surface area contributed by atoms with Crippen LogP contribution in [0.2, 0.25) is 0 Å². The van der Waals surface area contributed by atoms with Crippen LogP contribution in [0.15, 0.2) is 48.0 Å². The van der Waals surface area contributed by atoms with Gasteiger partial charge in [-0.05, 0) is 78.5 Å². The maximum absolute atomic E-state index is 10.0. The normalized spacial score (nSPS) is 24.8. The molecule has 2 bridgehead atoms. The molecule has 4 rings (SSSR count). The van der Waals surface area contributed by atoms with Crippen molar-refractivity contribution in [3.63, 3.8) is 0 Å². The van der Waals surface area contributed by atoms with Crippen LogP contribution in [0.3, 0.4) is 0 Å². The fourth-order valence-electron chi connectivity index (χ4n) is 4.61. The first-order chi connectivity index (χ1) is 12.1. The third-order valence-electron chi connectivity index (χ3n) is 5.84. The molecule has 2 aliphatic carbocycles. The molecular weight excluding hydrogens is 312 g/mol. The van der Waals surface area contributed by atoms with Gasteiger partial charge in [0.15, 0.2) is 11.5 Å². The Morgan fingerprint density at radius 1 is 0.800 bits per heavy atom. The molecule has 3 nitrogen and oxygen atoms in total. The first kappa shape index (κ1) is 16.1. The number of hydrogen-bond acceptors (Lipinski definition) is 3. The highest BCUT2D eigenvalue weighted by Gasteiger charge is 2.31. The van der Waals surface area contributed by atoms with Crippen LogP contribution in [0.1, 0.15) is 49.7 Å². The van der Waals surface area contributed by atoms with Gasteiger partial charge in [-0.15, -0.1) is 0 Å². The van der Waals surface area contributed by atoms with Crippen LogP contribution < -0.4 is 0 Å². The number of allylic oxidation sites excluding steroid dienone is 1. The Morgan fingerprint density at radius 2 is 1.56 bits per heavy atom. The highest BCUT2D eigenvalue weighted by Crippen LogP contribution is 2.47. The van der Waals surface area contributed by atoms with E-state index in [1.165, 1.54) is 37.7 Å². The lowest BCUT2D eigenvalue weighted by atomic mass is 9.67. The number of hydrogen-bond donors (Lipinski definition) is 3. The molecule has 0 saturated heterocycles. The van der Waals surface area contributed by atoms with Gasteiger partial charge in [-0.1, -0.05) is 36.6 Å². The molecule has 0 heterocycles. The first-order valence-corrected chi connectivity index (χ1v) is 9.16. The van der Waals surface area contributed by atoms with Crippen molar-refractivity contribution in [2.24, 2.45) is 11.8 Å². The van der Waals surface area contributed by atoms with Crippen LogP contribution in [-0.4, -0.2) is 15.3 Å². The number of fused-ring (bicyclic) bond motifs is 2. The van der Waals surface area contributed by atoms with Gasteiger partial charge in [0.25, 0.3) is 0 Å². The Kier molecular flexibility index (Phi) is 4.16. The maximum Gasteiger partial charge on any atom is 0.158 e. The van der Waals surface area contributed by atoms with Gasteiger partial charge >= 0.3 is 0 Å². The van der Waals surface area contributed by atoms with Gasteiger partial charge in [0, 0.05) is 0 Å². The predicted octanol–water partition coefficient (Wildman–Crippen LogP) is 5.21. The molecular formula is C22H24O3. The Morgan fingerprint density at radius 3 is 2.32 bits per heavy atom. The smallest absolute Gasteiger partial charge is 0.158 e. The van der Waals surface area contributed by atoms with Gasteiger partial charge in [0.05, 0.1) is 0 Å². The van der Waals surface area contributed by atoms with Crippen molar-refractivity contribution >= 4 is 5.57 Å². The Bertz CT molecular complexity index is 805. The van der Waals surface area contributed by atoms with Crippen molar-refractivity contribution in [1.29, 1.82) is 0 Å². The Balaban J connectivity index is 1.87. The minimum atomic E-state index is -0.0971. The van der Waals surface area contributed by atoms with Gasteiger partial charge in [0.1, 0.15) is 5.75 Å². The summed E-state index contributed by atoms with van der Waals surface area (Å²) >= 11 is 0. The fourth-order valence-corrected chi connectivity index (χ4v) is 4.61. The molecule has 3 N–H and O–H groups in total. The average Bonchev–Trinajstić information content (AvgIpc) is 2.62. The summed E-state index contributed by atoms with van der Waals surface area (Å²) in [5.74, 6) is 1.53. The van der Waals surface area contributed by atoms with Gasteiger partial charge in [-0.2, -0.15) is 0 Å². The van der Waals surface area contributed by atoms with E-state index in [4.69, 9.17) is 0 Å². The van der Waals surface area contributed by atoms with Crippen LogP contribution in [0, 0.1) is 11.8 Å². The second-order valence-corrected chi connectivity index (χ2v) is 7.42. The van der Waals surface area contributed by atoms with E-state index in [0.717, 1.165) is 29.0 Å².